The number of hydrogen-bond donors (Lipinski definition) is 0. The van der Waals surface area contributed by atoms with Crippen molar-refractivity contribution in [3.8, 4) is 5.75 Å². The lowest BCUT2D eigenvalue weighted by molar-refractivity contribution is -0.145. The Balaban J connectivity index is 1.43. The van der Waals surface area contributed by atoms with Gasteiger partial charge in [-0.3, -0.25) is 9.69 Å². The molecule has 0 aromatic heterocycles. The summed E-state index contributed by atoms with van der Waals surface area (Å²) in [6, 6.07) is 17.3. The van der Waals surface area contributed by atoms with Gasteiger partial charge in [0.1, 0.15) is 18.2 Å². The molecule has 3 aromatic carbocycles. The maximum Gasteiger partial charge on any atom is 0.416 e. The Hall–Kier alpha value is -3.39. The van der Waals surface area contributed by atoms with Gasteiger partial charge in [-0.2, -0.15) is 13.2 Å². The maximum absolute atomic E-state index is 13.5. The van der Waals surface area contributed by atoms with Crippen LogP contribution in [-0.2, 0) is 40.7 Å². The van der Waals surface area contributed by atoms with Crippen molar-refractivity contribution in [2.45, 2.75) is 51.4 Å². The Morgan fingerprint density at radius 2 is 1.71 bits per heavy atom. The SMILES string of the molecule is CC(C)(CN(CCCOc1ccc2c(c1)CC(=O)OC2)Cc1cccc(C(F)(F)F)c1)c1ccc(F)cc1. The Labute approximate surface area is 220 Å². The summed E-state index contributed by atoms with van der Waals surface area (Å²) in [6.07, 6.45) is -3.55. The third kappa shape index (κ3) is 7.34. The van der Waals surface area contributed by atoms with E-state index in [0.29, 0.717) is 44.0 Å². The summed E-state index contributed by atoms with van der Waals surface area (Å²) in [5, 5.41) is 0. The average molecular weight is 530 g/mol. The summed E-state index contributed by atoms with van der Waals surface area (Å²) < 4.78 is 64.3. The Morgan fingerprint density at radius 1 is 0.947 bits per heavy atom. The van der Waals surface area contributed by atoms with Gasteiger partial charge in [0, 0.05) is 25.0 Å². The fourth-order valence-corrected chi connectivity index (χ4v) is 4.71. The number of nitrogens with zero attached hydrogens (tertiary/aromatic N) is 1. The molecule has 202 valence electrons. The highest BCUT2D eigenvalue weighted by Gasteiger charge is 2.31. The topological polar surface area (TPSA) is 38.8 Å². The second kappa shape index (κ2) is 11.6. The standard InChI is InChI=1S/C30H31F4NO3/c1-29(2,24-8-10-26(31)11-9-24)20-35(18-21-5-3-6-25(15-21)30(32,33)34)13-4-14-37-27-12-7-22-19-38-28(36)17-23(22)16-27/h3,5-12,15-16H,4,13-14,17-20H2,1-2H3. The molecular formula is C30H31F4NO3. The molecule has 38 heavy (non-hydrogen) atoms. The van der Waals surface area contributed by atoms with Crippen molar-refractivity contribution < 1.29 is 31.8 Å². The van der Waals surface area contributed by atoms with Crippen molar-refractivity contribution in [2.24, 2.45) is 0 Å². The first-order chi connectivity index (χ1) is 18.0. The molecule has 1 heterocycles. The zero-order valence-electron chi connectivity index (χ0n) is 21.5. The lowest BCUT2D eigenvalue weighted by Crippen LogP contribution is -2.37. The molecule has 0 spiro atoms. The fourth-order valence-electron chi connectivity index (χ4n) is 4.71. The zero-order chi connectivity index (χ0) is 27.3. The van der Waals surface area contributed by atoms with Crippen LogP contribution in [0.15, 0.2) is 66.7 Å². The smallest absolute Gasteiger partial charge is 0.416 e. The lowest BCUT2D eigenvalue weighted by Gasteiger charge is -2.33. The number of carbonyl (C=O) groups excluding carboxylic acids is 1. The summed E-state index contributed by atoms with van der Waals surface area (Å²) in [6.45, 7) is 6.20. The molecule has 0 saturated heterocycles. The molecule has 0 unspecified atom stereocenters. The molecule has 0 fully saturated rings. The average Bonchev–Trinajstić information content (AvgIpc) is 2.86. The van der Waals surface area contributed by atoms with Crippen LogP contribution in [0.4, 0.5) is 17.6 Å². The fraction of sp³-hybridized carbons (Fsp3) is 0.367. The molecule has 8 heteroatoms. The largest absolute Gasteiger partial charge is 0.494 e. The van der Waals surface area contributed by atoms with Crippen LogP contribution in [0.25, 0.3) is 0 Å². The minimum Gasteiger partial charge on any atom is -0.494 e. The van der Waals surface area contributed by atoms with Crippen molar-refractivity contribution in [2.75, 3.05) is 19.7 Å². The minimum atomic E-state index is -4.41. The summed E-state index contributed by atoms with van der Waals surface area (Å²) in [5.41, 5.74) is 2.32. The van der Waals surface area contributed by atoms with Gasteiger partial charge < -0.3 is 9.47 Å². The molecule has 0 bridgehead atoms. The second-order valence-corrected chi connectivity index (χ2v) is 10.3. The van der Waals surface area contributed by atoms with Crippen LogP contribution in [0.2, 0.25) is 0 Å². The van der Waals surface area contributed by atoms with E-state index >= 15 is 0 Å². The highest BCUT2D eigenvalue weighted by atomic mass is 19.4. The maximum atomic E-state index is 13.5. The van der Waals surface area contributed by atoms with Crippen molar-refractivity contribution >= 4 is 5.97 Å². The number of halogens is 4. The summed E-state index contributed by atoms with van der Waals surface area (Å²) >= 11 is 0. The molecular weight excluding hydrogens is 498 g/mol. The van der Waals surface area contributed by atoms with Gasteiger partial charge in [-0.05, 0) is 59.0 Å². The molecule has 3 aromatic rings. The molecule has 0 amide bonds. The van der Waals surface area contributed by atoms with Gasteiger partial charge in [-0.15, -0.1) is 0 Å². The number of carbonyl (C=O) groups is 1. The van der Waals surface area contributed by atoms with Gasteiger partial charge >= 0.3 is 12.1 Å². The highest BCUT2D eigenvalue weighted by Crippen LogP contribution is 2.31. The van der Waals surface area contributed by atoms with E-state index in [1.807, 2.05) is 32.0 Å². The van der Waals surface area contributed by atoms with E-state index in [4.69, 9.17) is 9.47 Å². The van der Waals surface area contributed by atoms with E-state index in [9.17, 15) is 22.4 Å². The van der Waals surface area contributed by atoms with Crippen LogP contribution in [0.3, 0.4) is 0 Å². The third-order valence-corrected chi connectivity index (χ3v) is 6.69. The van der Waals surface area contributed by atoms with E-state index in [0.717, 1.165) is 22.8 Å². The van der Waals surface area contributed by atoms with Crippen LogP contribution in [-0.4, -0.2) is 30.6 Å². The summed E-state index contributed by atoms with van der Waals surface area (Å²) in [4.78, 5) is 13.7. The number of ether oxygens (including phenoxy) is 2. The molecule has 0 N–H and O–H groups in total. The predicted octanol–water partition coefficient (Wildman–Crippen LogP) is 6.69. The van der Waals surface area contributed by atoms with Crippen molar-refractivity contribution in [1.82, 2.24) is 4.90 Å². The second-order valence-electron chi connectivity index (χ2n) is 10.3. The van der Waals surface area contributed by atoms with Gasteiger partial charge in [-0.25, -0.2) is 4.39 Å². The van der Waals surface area contributed by atoms with Crippen molar-refractivity contribution in [1.29, 1.82) is 0 Å². The molecule has 0 atom stereocenters. The molecule has 0 radical (unpaired) electrons. The van der Waals surface area contributed by atoms with Gasteiger partial charge in [0.05, 0.1) is 18.6 Å². The van der Waals surface area contributed by atoms with E-state index in [2.05, 4.69) is 4.90 Å². The first kappa shape index (κ1) is 27.6. The lowest BCUT2D eigenvalue weighted by atomic mass is 9.84. The van der Waals surface area contributed by atoms with Crippen LogP contribution in [0, 0.1) is 5.82 Å². The van der Waals surface area contributed by atoms with Gasteiger partial charge in [0.2, 0.25) is 0 Å². The molecule has 4 nitrogen and oxygen atoms in total. The van der Waals surface area contributed by atoms with Gasteiger partial charge in [0.25, 0.3) is 0 Å². The van der Waals surface area contributed by atoms with Crippen LogP contribution in [0.5, 0.6) is 5.75 Å². The number of rotatable bonds is 10. The molecule has 1 aliphatic rings. The Morgan fingerprint density at radius 3 is 2.45 bits per heavy atom. The number of cyclic esters (lactones) is 1. The normalized spacial score (nSPS) is 13.8. The third-order valence-electron chi connectivity index (χ3n) is 6.69. The first-order valence-corrected chi connectivity index (χ1v) is 12.5. The van der Waals surface area contributed by atoms with Gasteiger partial charge in [-0.1, -0.05) is 50.2 Å². The zero-order valence-corrected chi connectivity index (χ0v) is 21.5. The van der Waals surface area contributed by atoms with Crippen LogP contribution in [0.1, 0.15) is 48.1 Å². The van der Waals surface area contributed by atoms with E-state index in [1.165, 1.54) is 24.3 Å². The Kier molecular flexibility index (Phi) is 8.41. The number of hydrogen-bond acceptors (Lipinski definition) is 4. The molecule has 0 aliphatic carbocycles. The number of benzene rings is 3. The molecule has 0 saturated carbocycles. The van der Waals surface area contributed by atoms with Crippen LogP contribution < -0.4 is 4.74 Å². The quantitative estimate of drug-likeness (QED) is 0.167. The van der Waals surface area contributed by atoms with Crippen LogP contribution >= 0.6 is 0 Å². The van der Waals surface area contributed by atoms with Crippen molar-refractivity contribution in [3.63, 3.8) is 0 Å². The Bertz CT molecular complexity index is 1260. The van der Waals surface area contributed by atoms with E-state index < -0.39 is 11.7 Å². The molecule has 4 rings (SSSR count). The number of esters is 1. The summed E-state index contributed by atoms with van der Waals surface area (Å²) in [7, 11) is 0. The highest BCUT2D eigenvalue weighted by molar-refractivity contribution is 5.74. The van der Waals surface area contributed by atoms with Crippen molar-refractivity contribution in [3.05, 3.63) is 100 Å². The van der Waals surface area contributed by atoms with E-state index in [1.54, 1.807) is 18.2 Å². The van der Waals surface area contributed by atoms with E-state index in [-0.39, 0.29) is 30.2 Å². The number of fused-ring (bicyclic) bond motifs is 1. The first-order valence-electron chi connectivity index (χ1n) is 12.5. The number of alkyl halides is 3. The molecule has 1 aliphatic heterocycles. The summed E-state index contributed by atoms with van der Waals surface area (Å²) in [5.74, 6) is 0.0831. The predicted molar refractivity (Wildman–Crippen MR) is 136 cm³/mol. The van der Waals surface area contributed by atoms with Gasteiger partial charge in [0.15, 0.2) is 0 Å². The monoisotopic (exact) mass is 529 g/mol. The minimum absolute atomic E-state index is 0.218.